The highest BCUT2D eigenvalue weighted by atomic mass is 16.5. The number of nitrogens with zero attached hydrogens (tertiary/aromatic N) is 2. The Kier molecular flexibility index (Phi) is 3.44. The van der Waals surface area contributed by atoms with Crippen LogP contribution >= 0.6 is 0 Å². The number of methoxy groups -OCH3 is 1. The topological polar surface area (TPSA) is 62.1 Å². The van der Waals surface area contributed by atoms with E-state index >= 15 is 0 Å². The van der Waals surface area contributed by atoms with E-state index in [2.05, 4.69) is 4.99 Å². The summed E-state index contributed by atoms with van der Waals surface area (Å²) >= 11 is 0. The van der Waals surface area contributed by atoms with Crippen molar-refractivity contribution in [2.45, 2.75) is 25.9 Å². The van der Waals surface area contributed by atoms with Gasteiger partial charge in [0.05, 0.1) is 12.8 Å². The first kappa shape index (κ1) is 15.8. The fourth-order valence-electron chi connectivity index (χ4n) is 3.51. The molecule has 2 aromatic carbocycles. The molecule has 2 aliphatic rings. The van der Waals surface area contributed by atoms with E-state index in [9.17, 15) is 9.90 Å². The summed E-state index contributed by atoms with van der Waals surface area (Å²) in [6, 6.07) is 11.3. The van der Waals surface area contributed by atoms with Crippen molar-refractivity contribution >= 4 is 23.0 Å². The fourth-order valence-corrected chi connectivity index (χ4v) is 3.51. The van der Waals surface area contributed by atoms with Crippen LogP contribution in [0.25, 0.3) is 0 Å². The van der Waals surface area contributed by atoms with E-state index < -0.39 is 5.60 Å². The van der Waals surface area contributed by atoms with Crippen molar-refractivity contribution in [3.05, 3.63) is 53.1 Å². The molecule has 1 fully saturated rings. The highest BCUT2D eigenvalue weighted by Gasteiger charge is 2.52. The summed E-state index contributed by atoms with van der Waals surface area (Å²) in [5.41, 5.74) is 2.58. The van der Waals surface area contributed by atoms with Crippen molar-refractivity contribution in [3.8, 4) is 5.75 Å². The summed E-state index contributed by atoms with van der Waals surface area (Å²) in [7, 11) is 1.62. The molecule has 1 unspecified atom stereocenters. The number of benzene rings is 2. The van der Waals surface area contributed by atoms with Crippen LogP contribution in [0.3, 0.4) is 0 Å². The number of aryl methyl sites for hydroxylation is 2. The first-order chi connectivity index (χ1) is 11.9. The normalized spacial score (nSPS) is 21.7. The summed E-state index contributed by atoms with van der Waals surface area (Å²) < 4.78 is 5.19. The molecule has 4 rings (SSSR count). The number of ether oxygens (including phenoxy) is 1. The Balaban J connectivity index is 1.83. The summed E-state index contributed by atoms with van der Waals surface area (Å²) in [5.74, 6) is 0.918. The number of fused-ring (bicyclic) bond motifs is 2. The fraction of sp³-hybridized carbons (Fsp3) is 0.300. The minimum absolute atomic E-state index is 0.258. The van der Waals surface area contributed by atoms with Crippen LogP contribution in [0.4, 0.5) is 11.4 Å². The summed E-state index contributed by atoms with van der Waals surface area (Å²) in [6.07, 6.45) is 0.336. The number of aliphatic imine (C=N–C) groups is 1. The predicted molar refractivity (Wildman–Crippen MR) is 97.2 cm³/mol. The standard InChI is InChI=1S/C20H20N2O3/c1-12-10-16-17(11-13(12)2)21-19-20(24,18(16)23)8-9-22(19)14-4-6-15(25-3)7-5-14/h4-7,10-11,24H,8-9H2,1-3H3. The minimum atomic E-state index is -1.55. The van der Waals surface area contributed by atoms with Gasteiger partial charge in [-0.3, -0.25) is 4.79 Å². The Morgan fingerprint density at radius 2 is 1.84 bits per heavy atom. The van der Waals surface area contributed by atoms with Gasteiger partial charge in [0.1, 0.15) is 11.6 Å². The first-order valence-electron chi connectivity index (χ1n) is 8.33. The van der Waals surface area contributed by atoms with Crippen molar-refractivity contribution < 1.29 is 14.6 Å². The number of carbonyl (C=O) groups excluding carboxylic acids is 1. The third kappa shape index (κ3) is 2.27. The lowest BCUT2D eigenvalue weighted by Gasteiger charge is -2.30. The van der Waals surface area contributed by atoms with Crippen LogP contribution in [0.1, 0.15) is 27.9 Å². The number of hydrogen-bond acceptors (Lipinski definition) is 5. The zero-order valence-corrected chi connectivity index (χ0v) is 14.5. The van der Waals surface area contributed by atoms with Gasteiger partial charge < -0.3 is 14.7 Å². The number of ketones is 1. The molecule has 0 aromatic heterocycles. The molecular weight excluding hydrogens is 316 g/mol. The van der Waals surface area contributed by atoms with E-state index in [0.717, 1.165) is 22.6 Å². The van der Waals surface area contributed by atoms with Gasteiger partial charge in [0, 0.05) is 24.2 Å². The lowest BCUT2D eigenvalue weighted by molar-refractivity contribution is 0.0602. The average Bonchev–Trinajstić information content (AvgIpc) is 2.95. The highest BCUT2D eigenvalue weighted by Crippen LogP contribution is 2.40. The van der Waals surface area contributed by atoms with Crippen LogP contribution in [-0.4, -0.2) is 36.0 Å². The van der Waals surface area contributed by atoms with Crippen LogP contribution in [-0.2, 0) is 0 Å². The SMILES string of the molecule is COc1ccc(N2CCC3(O)C(=O)c4cc(C)c(C)cc4N=C23)cc1. The minimum Gasteiger partial charge on any atom is -0.497 e. The molecule has 0 amide bonds. The number of carbonyl (C=O) groups is 1. The molecule has 2 heterocycles. The Bertz CT molecular complexity index is 902. The van der Waals surface area contributed by atoms with E-state index in [4.69, 9.17) is 4.74 Å². The molecule has 128 valence electrons. The van der Waals surface area contributed by atoms with Crippen LogP contribution in [0.5, 0.6) is 5.75 Å². The number of amidine groups is 1. The second-order valence-electron chi connectivity index (χ2n) is 6.68. The van der Waals surface area contributed by atoms with E-state index in [1.165, 1.54) is 0 Å². The van der Waals surface area contributed by atoms with Gasteiger partial charge in [-0.25, -0.2) is 4.99 Å². The maximum Gasteiger partial charge on any atom is 0.204 e. The molecule has 0 saturated carbocycles. The zero-order chi connectivity index (χ0) is 17.8. The highest BCUT2D eigenvalue weighted by molar-refractivity contribution is 6.28. The Hall–Kier alpha value is -2.66. The van der Waals surface area contributed by atoms with Crippen molar-refractivity contribution in [2.75, 3.05) is 18.6 Å². The molecule has 1 atom stereocenters. The quantitative estimate of drug-likeness (QED) is 0.915. The molecule has 0 radical (unpaired) electrons. The van der Waals surface area contributed by atoms with Crippen LogP contribution in [0.15, 0.2) is 41.4 Å². The van der Waals surface area contributed by atoms with E-state index in [0.29, 0.717) is 30.1 Å². The van der Waals surface area contributed by atoms with Gasteiger partial charge in [-0.05, 0) is 61.4 Å². The van der Waals surface area contributed by atoms with E-state index in [1.54, 1.807) is 7.11 Å². The zero-order valence-electron chi connectivity index (χ0n) is 14.5. The van der Waals surface area contributed by atoms with Crippen LogP contribution in [0, 0.1) is 13.8 Å². The largest absolute Gasteiger partial charge is 0.497 e. The third-order valence-electron chi connectivity index (χ3n) is 5.17. The van der Waals surface area contributed by atoms with E-state index in [-0.39, 0.29) is 5.78 Å². The number of hydrogen-bond donors (Lipinski definition) is 1. The van der Waals surface area contributed by atoms with Crippen molar-refractivity contribution in [1.29, 1.82) is 0 Å². The maximum atomic E-state index is 13.0. The first-order valence-corrected chi connectivity index (χ1v) is 8.33. The van der Waals surface area contributed by atoms with Crippen molar-refractivity contribution in [1.82, 2.24) is 0 Å². The number of rotatable bonds is 2. The molecule has 0 bridgehead atoms. The van der Waals surface area contributed by atoms with E-state index in [1.807, 2.05) is 55.1 Å². The number of anilines is 1. The Labute approximate surface area is 146 Å². The molecule has 0 spiro atoms. The number of Topliss-reactive ketones (excluding diaryl/α,β-unsaturated/α-hetero) is 1. The predicted octanol–water partition coefficient (Wildman–Crippen LogP) is 3.18. The molecule has 2 aromatic rings. The van der Waals surface area contributed by atoms with Crippen molar-refractivity contribution in [2.24, 2.45) is 4.99 Å². The van der Waals surface area contributed by atoms with Gasteiger partial charge in [0.2, 0.25) is 5.78 Å². The average molecular weight is 336 g/mol. The van der Waals surface area contributed by atoms with Crippen LogP contribution < -0.4 is 9.64 Å². The molecule has 2 aliphatic heterocycles. The monoisotopic (exact) mass is 336 g/mol. The van der Waals surface area contributed by atoms with Crippen molar-refractivity contribution in [3.63, 3.8) is 0 Å². The Morgan fingerprint density at radius 1 is 1.16 bits per heavy atom. The summed E-state index contributed by atoms with van der Waals surface area (Å²) in [5, 5.41) is 11.1. The van der Waals surface area contributed by atoms with Crippen LogP contribution in [0.2, 0.25) is 0 Å². The molecule has 5 nitrogen and oxygen atoms in total. The molecule has 25 heavy (non-hydrogen) atoms. The van der Waals surface area contributed by atoms with Gasteiger partial charge in [0.25, 0.3) is 0 Å². The summed E-state index contributed by atoms with van der Waals surface area (Å²) in [4.78, 5) is 19.6. The van der Waals surface area contributed by atoms with Gasteiger partial charge in [-0.2, -0.15) is 0 Å². The molecule has 5 heteroatoms. The van der Waals surface area contributed by atoms with Gasteiger partial charge in [-0.15, -0.1) is 0 Å². The summed E-state index contributed by atoms with van der Waals surface area (Å²) in [6.45, 7) is 4.50. The second-order valence-corrected chi connectivity index (χ2v) is 6.68. The second kappa shape index (κ2) is 5.43. The third-order valence-corrected chi connectivity index (χ3v) is 5.17. The van der Waals surface area contributed by atoms with Gasteiger partial charge in [0.15, 0.2) is 5.60 Å². The smallest absolute Gasteiger partial charge is 0.204 e. The molecule has 1 N–H and O–H groups in total. The molecular formula is C20H20N2O3. The molecule has 1 saturated heterocycles. The molecule has 0 aliphatic carbocycles. The number of aliphatic hydroxyl groups is 1. The Morgan fingerprint density at radius 3 is 2.52 bits per heavy atom. The van der Waals surface area contributed by atoms with Gasteiger partial charge in [-0.1, -0.05) is 0 Å². The lowest BCUT2D eigenvalue weighted by atomic mass is 9.86. The van der Waals surface area contributed by atoms with Gasteiger partial charge >= 0.3 is 0 Å². The maximum absolute atomic E-state index is 13.0. The lowest BCUT2D eigenvalue weighted by Crippen LogP contribution is -2.48.